The molecular formula is C10H10ClN3O3S. The Morgan fingerprint density at radius 1 is 1.50 bits per heavy atom. The first-order valence-electron chi connectivity index (χ1n) is 4.78. The summed E-state index contributed by atoms with van der Waals surface area (Å²) in [6.07, 6.45) is 0. The Hall–Kier alpha value is -1.78. The van der Waals surface area contributed by atoms with E-state index in [2.05, 4.69) is 5.32 Å². The highest BCUT2D eigenvalue weighted by Gasteiger charge is 2.21. The van der Waals surface area contributed by atoms with Gasteiger partial charge in [-0.3, -0.25) is 4.79 Å². The van der Waals surface area contributed by atoms with Gasteiger partial charge in [0.2, 0.25) is 5.91 Å². The molecule has 0 fully saturated rings. The van der Waals surface area contributed by atoms with Crippen LogP contribution in [-0.4, -0.2) is 26.6 Å². The van der Waals surface area contributed by atoms with Gasteiger partial charge < -0.3 is 11.1 Å². The molecule has 3 N–H and O–H groups in total. The topological polar surface area (TPSA) is 113 Å². The maximum absolute atomic E-state index is 11.9. The van der Waals surface area contributed by atoms with Gasteiger partial charge >= 0.3 is 0 Å². The molecule has 1 aromatic rings. The molecule has 8 heteroatoms. The molecule has 0 saturated carbocycles. The summed E-state index contributed by atoms with van der Waals surface area (Å²) < 4.78 is 23.7. The second-order valence-electron chi connectivity index (χ2n) is 3.38. The number of benzene rings is 1. The third kappa shape index (κ3) is 3.61. The van der Waals surface area contributed by atoms with Crippen LogP contribution in [0.5, 0.6) is 0 Å². The normalized spacial score (nSPS) is 10.7. The number of nitrogen functional groups attached to an aromatic ring is 1. The lowest BCUT2D eigenvalue weighted by atomic mass is 10.3. The molecule has 1 rings (SSSR count). The largest absolute Gasteiger partial charge is 0.399 e. The third-order valence-electron chi connectivity index (χ3n) is 1.98. The summed E-state index contributed by atoms with van der Waals surface area (Å²) in [5, 5.41) is 10.4. The molecule has 0 unspecified atom stereocenters. The summed E-state index contributed by atoms with van der Waals surface area (Å²) in [5.41, 5.74) is 5.77. The van der Waals surface area contributed by atoms with Crippen molar-refractivity contribution in [2.45, 2.75) is 4.90 Å². The molecule has 0 saturated heterocycles. The fraction of sp³-hybridized carbons (Fsp3) is 0.200. The number of carbonyl (C=O) groups excluding carboxylic acids is 1. The molecule has 1 amide bonds. The van der Waals surface area contributed by atoms with Crippen molar-refractivity contribution < 1.29 is 13.2 Å². The van der Waals surface area contributed by atoms with Crippen molar-refractivity contribution in [2.24, 2.45) is 0 Å². The number of hydrogen-bond donors (Lipinski definition) is 2. The fourth-order valence-corrected chi connectivity index (χ4v) is 2.98. The number of nitrogens with one attached hydrogen (secondary N) is 1. The van der Waals surface area contributed by atoms with E-state index >= 15 is 0 Å². The van der Waals surface area contributed by atoms with Crippen LogP contribution in [0.4, 0.5) is 5.69 Å². The van der Waals surface area contributed by atoms with Crippen LogP contribution in [0, 0.1) is 11.3 Å². The zero-order chi connectivity index (χ0) is 13.8. The molecule has 6 nitrogen and oxygen atoms in total. The average Bonchev–Trinajstić information content (AvgIpc) is 2.25. The second kappa shape index (κ2) is 5.71. The average molecular weight is 288 g/mol. The van der Waals surface area contributed by atoms with Gasteiger partial charge in [0.25, 0.3) is 0 Å². The smallest absolute Gasteiger partial charge is 0.236 e. The van der Waals surface area contributed by atoms with Crippen LogP contribution in [-0.2, 0) is 14.6 Å². The number of amides is 1. The number of anilines is 1. The Labute approximate surface area is 109 Å². The van der Waals surface area contributed by atoms with Crippen LogP contribution in [0.2, 0.25) is 5.02 Å². The highest BCUT2D eigenvalue weighted by atomic mass is 35.5. The molecule has 0 atom stereocenters. The Balaban J connectivity index is 2.94. The minimum absolute atomic E-state index is 0.0388. The van der Waals surface area contributed by atoms with Gasteiger partial charge in [0.15, 0.2) is 9.84 Å². The second-order valence-corrected chi connectivity index (χ2v) is 5.75. The monoisotopic (exact) mass is 287 g/mol. The number of nitriles is 1. The molecule has 0 heterocycles. The van der Waals surface area contributed by atoms with E-state index in [1.165, 1.54) is 18.2 Å². The van der Waals surface area contributed by atoms with Crippen molar-refractivity contribution in [2.75, 3.05) is 18.0 Å². The number of nitrogens with two attached hydrogens (primary N) is 1. The van der Waals surface area contributed by atoms with E-state index in [-0.39, 0.29) is 16.5 Å². The molecule has 0 spiro atoms. The van der Waals surface area contributed by atoms with Crippen molar-refractivity contribution in [1.82, 2.24) is 5.32 Å². The first-order valence-corrected chi connectivity index (χ1v) is 6.81. The predicted octanol–water partition coefficient (Wildman–Crippen LogP) is 0.336. The van der Waals surface area contributed by atoms with Crippen molar-refractivity contribution in [3.05, 3.63) is 23.2 Å². The van der Waals surface area contributed by atoms with Crippen LogP contribution < -0.4 is 11.1 Å². The minimum atomic E-state index is -3.85. The van der Waals surface area contributed by atoms with Crippen LogP contribution in [0.25, 0.3) is 0 Å². The summed E-state index contributed by atoms with van der Waals surface area (Å²) in [6, 6.07) is 5.59. The highest BCUT2D eigenvalue weighted by molar-refractivity contribution is 7.92. The summed E-state index contributed by atoms with van der Waals surface area (Å²) in [4.78, 5) is 11.1. The Kier molecular flexibility index (Phi) is 4.53. The number of carbonyl (C=O) groups is 1. The lowest BCUT2D eigenvalue weighted by Gasteiger charge is -2.06. The van der Waals surface area contributed by atoms with Crippen LogP contribution in [0.3, 0.4) is 0 Å². The standard InChI is InChI=1S/C10H10ClN3O3S/c11-8-5-7(13)1-2-9(8)18(16,17)6-10(15)14-4-3-12/h1-2,5H,4,6,13H2,(H,14,15). The summed E-state index contributed by atoms with van der Waals surface area (Å²) in [5.74, 6) is -1.53. The van der Waals surface area contributed by atoms with Gasteiger partial charge in [0.1, 0.15) is 12.3 Å². The molecule has 1 aromatic carbocycles. The summed E-state index contributed by atoms with van der Waals surface area (Å²) in [6.45, 7) is -0.246. The molecular weight excluding hydrogens is 278 g/mol. The molecule has 0 aliphatic carbocycles. The van der Waals surface area contributed by atoms with Crippen molar-refractivity contribution in [1.29, 1.82) is 5.26 Å². The molecule has 0 aliphatic rings. The van der Waals surface area contributed by atoms with Gasteiger partial charge in [-0.1, -0.05) is 11.6 Å². The van der Waals surface area contributed by atoms with Gasteiger partial charge in [-0.05, 0) is 18.2 Å². The maximum Gasteiger partial charge on any atom is 0.236 e. The van der Waals surface area contributed by atoms with Crippen molar-refractivity contribution in [3.8, 4) is 6.07 Å². The SMILES string of the molecule is N#CCNC(=O)CS(=O)(=O)c1ccc(N)cc1Cl. The molecule has 0 aliphatic heterocycles. The van der Waals surface area contributed by atoms with Gasteiger partial charge in [0.05, 0.1) is 16.0 Å². The highest BCUT2D eigenvalue weighted by Crippen LogP contribution is 2.24. The van der Waals surface area contributed by atoms with E-state index in [0.29, 0.717) is 5.69 Å². The molecule has 96 valence electrons. The van der Waals surface area contributed by atoms with Crippen LogP contribution >= 0.6 is 11.6 Å². The zero-order valence-electron chi connectivity index (χ0n) is 9.18. The summed E-state index contributed by atoms with van der Waals surface area (Å²) in [7, 11) is -3.85. The predicted molar refractivity (Wildman–Crippen MR) is 66.5 cm³/mol. The Morgan fingerprint density at radius 2 is 2.17 bits per heavy atom. The number of halogens is 1. The lowest BCUT2D eigenvalue weighted by Crippen LogP contribution is -2.30. The minimum Gasteiger partial charge on any atom is -0.399 e. The van der Waals surface area contributed by atoms with Gasteiger partial charge in [0, 0.05) is 5.69 Å². The van der Waals surface area contributed by atoms with Crippen molar-refractivity contribution >= 4 is 33.0 Å². The van der Waals surface area contributed by atoms with E-state index in [1.54, 1.807) is 6.07 Å². The molecule has 18 heavy (non-hydrogen) atoms. The Bertz CT molecular complexity index is 607. The van der Waals surface area contributed by atoms with Crippen LogP contribution in [0.1, 0.15) is 0 Å². The molecule has 0 bridgehead atoms. The van der Waals surface area contributed by atoms with Gasteiger partial charge in [-0.25, -0.2) is 8.42 Å². The Morgan fingerprint density at radius 3 is 2.72 bits per heavy atom. The molecule has 0 aromatic heterocycles. The van der Waals surface area contributed by atoms with Gasteiger partial charge in [-0.2, -0.15) is 5.26 Å². The number of hydrogen-bond acceptors (Lipinski definition) is 5. The first-order chi connectivity index (χ1) is 8.36. The van der Waals surface area contributed by atoms with Crippen molar-refractivity contribution in [3.63, 3.8) is 0 Å². The van der Waals surface area contributed by atoms with Crippen LogP contribution in [0.15, 0.2) is 23.1 Å². The van der Waals surface area contributed by atoms with Gasteiger partial charge in [-0.15, -0.1) is 0 Å². The first kappa shape index (κ1) is 14.3. The number of nitrogens with zero attached hydrogens (tertiary/aromatic N) is 1. The van der Waals surface area contributed by atoms with E-state index in [1.807, 2.05) is 0 Å². The summed E-state index contributed by atoms with van der Waals surface area (Å²) >= 11 is 5.76. The van der Waals surface area contributed by atoms with E-state index in [4.69, 9.17) is 22.6 Å². The van der Waals surface area contributed by atoms with E-state index in [9.17, 15) is 13.2 Å². The van der Waals surface area contributed by atoms with E-state index < -0.39 is 21.5 Å². The lowest BCUT2D eigenvalue weighted by molar-refractivity contribution is -0.118. The maximum atomic E-state index is 11.9. The zero-order valence-corrected chi connectivity index (χ0v) is 10.8. The fourth-order valence-electron chi connectivity index (χ4n) is 1.21. The number of rotatable bonds is 4. The molecule has 0 radical (unpaired) electrons. The van der Waals surface area contributed by atoms with E-state index in [0.717, 1.165) is 0 Å². The third-order valence-corrected chi connectivity index (χ3v) is 4.07. The quantitative estimate of drug-likeness (QED) is 0.612. The number of sulfone groups is 1.